The van der Waals surface area contributed by atoms with Crippen LogP contribution < -0.4 is 20.3 Å². The van der Waals surface area contributed by atoms with Crippen LogP contribution in [0.4, 0.5) is 14.7 Å². The number of halogens is 2. The molecule has 2 aromatic heterocycles. The first-order chi connectivity index (χ1) is 18.6. The van der Waals surface area contributed by atoms with Crippen molar-refractivity contribution in [3.8, 4) is 33.9 Å². The highest BCUT2D eigenvalue weighted by Gasteiger charge is 2.25. The molecule has 5 rings (SSSR count). The molecule has 1 fully saturated rings. The highest BCUT2D eigenvalue weighted by Crippen LogP contribution is 2.39. The van der Waals surface area contributed by atoms with E-state index in [4.69, 9.17) is 25.1 Å². The van der Waals surface area contributed by atoms with Gasteiger partial charge in [0.25, 0.3) is 0 Å². The second-order valence-electron chi connectivity index (χ2n) is 9.04. The van der Waals surface area contributed by atoms with Gasteiger partial charge in [0.15, 0.2) is 5.82 Å². The van der Waals surface area contributed by atoms with Gasteiger partial charge in [0.1, 0.15) is 28.6 Å². The van der Waals surface area contributed by atoms with Crippen LogP contribution in [-0.2, 0) is 14.8 Å². The number of nitrogen functional groups attached to an aromatic ring is 1. The van der Waals surface area contributed by atoms with Gasteiger partial charge in [-0.1, -0.05) is 0 Å². The number of rotatable bonds is 7. The van der Waals surface area contributed by atoms with Crippen molar-refractivity contribution in [2.24, 2.45) is 5.14 Å². The minimum absolute atomic E-state index is 0.0599. The summed E-state index contributed by atoms with van der Waals surface area (Å²) in [5.74, 6) is -1.99. The normalized spacial score (nSPS) is 15.6. The van der Waals surface area contributed by atoms with Crippen LogP contribution in [0.5, 0.6) is 11.6 Å². The van der Waals surface area contributed by atoms with Crippen LogP contribution >= 0.6 is 0 Å². The molecule has 0 aliphatic carbocycles. The number of anilines is 1. The van der Waals surface area contributed by atoms with Crippen LogP contribution in [-0.4, -0.2) is 49.8 Å². The maximum atomic E-state index is 15.3. The SMILES string of the molecule is COc1ncc(-c2cc(OCC3CCCO3)c3nc(N)nc(C)c3c2)cc1-c1c(F)ccc(S(N)(=O)=O)c1F. The second-order valence-corrected chi connectivity index (χ2v) is 10.6. The van der Waals surface area contributed by atoms with E-state index in [1.54, 1.807) is 19.1 Å². The molecule has 10 nitrogen and oxygen atoms in total. The number of benzene rings is 2. The number of hydrogen-bond donors (Lipinski definition) is 2. The van der Waals surface area contributed by atoms with Crippen LogP contribution in [0, 0.1) is 18.6 Å². The summed E-state index contributed by atoms with van der Waals surface area (Å²) in [6.07, 6.45) is 3.22. The van der Waals surface area contributed by atoms with Crippen molar-refractivity contribution in [2.75, 3.05) is 26.1 Å². The Balaban J connectivity index is 1.68. The van der Waals surface area contributed by atoms with Gasteiger partial charge >= 0.3 is 0 Å². The molecule has 0 radical (unpaired) electrons. The molecule has 1 atom stereocenters. The second kappa shape index (κ2) is 10.3. The Labute approximate surface area is 223 Å². The molecule has 4 N–H and O–H groups in total. The molecular formula is C26H25F2N5O5S. The lowest BCUT2D eigenvalue weighted by molar-refractivity contribution is 0.0684. The number of fused-ring (bicyclic) bond motifs is 1. The molecule has 13 heteroatoms. The number of methoxy groups -OCH3 is 1. The van der Waals surface area contributed by atoms with Gasteiger partial charge in [0.2, 0.25) is 21.9 Å². The van der Waals surface area contributed by atoms with Gasteiger partial charge < -0.3 is 19.9 Å². The lowest BCUT2D eigenvalue weighted by Gasteiger charge is -2.16. The molecule has 39 heavy (non-hydrogen) atoms. The number of nitrogens with zero attached hydrogens (tertiary/aromatic N) is 3. The van der Waals surface area contributed by atoms with Gasteiger partial charge in [-0.15, -0.1) is 0 Å². The number of ether oxygens (including phenoxy) is 3. The highest BCUT2D eigenvalue weighted by molar-refractivity contribution is 7.89. The fourth-order valence-corrected chi connectivity index (χ4v) is 5.17. The van der Waals surface area contributed by atoms with Gasteiger partial charge in [0.05, 0.1) is 30.0 Å². The monoisotopic (exact) mass is 557 g/mol. The van der Waals surface area contributed by atoms with Crippen LogP contribution in [0.15, 0.2) is 41.4 Å². The predicted molar refractivity (Wildman–Crippen MR) is 140 cm³/mol. The van der Waals surface area contributed by atoms with E-state index < -0.39 is 32.1 Å². The van der Waals surface area contributed by atoms with E-state index in [2.05, 4.69) is 15.0 Å². The molecular weight excluding hydrogens is 532 g/mol. The van der Waals surface area contributed by atoms with Gasteiger partial charge in [-0.3, -0.25) is 0 Å². The van der Waals surface area contributed by atoms with E-state index in [0.717, 1.165) is 25.0 Å². The largest absolute Gasteiger partial charge is 0.489 e. The van der Waals surface area contributed by atoms with Crippen LogP contribution in [0.3, 0.4) is 0 Å². The molecule has 1 unspecified atom stereocenters. The van der Waals surface area contributed by atoms with E-state index in [9.17, 15) is 12.8 Å². The summed E-state index contributed by atoms with van der Waals surface area (Å²) in [4.78, 5) is 12.0. The Morgan fingerprint density at radius 2 is 1.95 bits per heavy atom. The molecule has 0 saturated carbocycles. The van der Waals surface area contributed by atoms with Crippen molar-refractivity contribution in [1.29, 1.82) is 0 Å². The summed E-state index contributed by atoms with van der Waals surface area (Å²) < 4.78 is 71.1. The molecule has 1 aliphatic rings. The van der Waals surface area contributed by atoms with Gasteiger partial charge in [-0.2, -0.15) is 0 Å². The number of aryl methyl sites for hydroxylation is 1. The topological polar surface area (TPSA) is 153 Å². The zero-order chi connectivity index (χ0) is 27.9. The van der Waals surface area contributed by atoms with Crippen molar-refractivity contribution < 1.29 is 31.4 Å². The van der Waals surface area contributed by atoms with Crippen molar-refractivity contribution in [3.63, 3.8) is 0 Å². The Kier molecular flexibility index (Phi) is 7.05. The molecule has 3 heterocycles. The molecule has 2 aromatic carbocycles. The summed E-state index contributed by atoms with van der Waals surface area (Å²) >= 11 is 0. The summed E-state index contributed by atoms with van der Waals surface area (Å²) in [5, 5.41) is 5.78. The number of sulfonamides is 1. The van der Waals surface area contributed by atoms with Crippen molar-refractivity contribution >= 4 is 26.9 Å². The fourth-order valence-electron chi connectivity index (χ4n) is 4.56. The summed E-state index contributed by atoms with van der Waals surface area (Å²) in [5.41, 5.74) is 7.25. The molecule has 1 saturated heterocycles. The minimum atomic E-state index is -4.47. The van der Waals surface area contributed by atoms with Gasteiger partial charge in [-0.25, -0.2) is 37.3 Å². The first kappa shape index (κ1) is 26.7. The van der Waals surface area contributed by atoms with Gasteiger partial charge in [0, 0.05) is 23.8 Å². The highest BCUT2D eigenvalue weighted by atomic mass is 32.2. The standard InChI is InChI=1S/C26H25F2N5O5S/c1-13-17-8-14(10-20(24(17)33-26(29)32-13)38-12-16-4-3-7-37-16)15-9-18(25(36-2)31-11-15)22-19(27)5-6-21(23(22)28)39(30,34)35/h5-6,8-11,16H,3-4,7,12H2,1-2H3,(H2,29,32,33)(H2,30,34,35). The minimum Gasteiger partial charge on any atom is -0.489 e. The van der Waals surface area contributed by atoms with Crippen molar-refractivity contribution in [3.05, 3.63) is 53.9 Å². The molecule has 0 amide bonds. The molecule has 1 aliphatic heterocycles. The number of primary sulfonamides is 1. The smallest absolute Gasteiger partial charge is 0.240 e. The molecule has 0 spiro atoms. The van der Waals surface area contributed by atoms with Crippen molar-refractivity contribution in [1.82, 2.24) is 15.0 Å². The van der Waals surface area contributed by atoms with Crippen molar-refractivity contribution in [2.45, 2.75) is 30.8 Å². The Morgan fingerprint density at radius 3 is 2.64 bits per heavy atom. The summed E-state index contributed by atoms with van der Waals surface area (Å²) in [6.45, 7) is 2.74. The van der Waals surface area contributed by atoms with E-state index in [1.165, 1.54) is 19.4 Å². The number of pyridine rings is 1. The Bertz CT molecular complexity index is 1690. The predicted octanol–water partition coefficient (Wildman–Crippen LogP) is 3.74. The zero-order valence-corrected chi connectivity index (χ0v) is 21.9. The fraction of sp³-hybridized carbons (Fsp3) is 0.269. The number of nitrogens with two attached hydrogens (primary N) is 2. The van der Waals surface area contributed by atoms with Crippen LogP contribution in [0.2, 0.25) is 0 Å². The third-order valence-corrected chi connectivity index (χ3v) is 7.36. The first-order valence-corrected chi connectivity index (χ1v) is 13.5. The summed E-state index contributed by atoms with van der Waals surface area (Å²) in [6, 6.07) is 6.53. The quantitative estimate of drug-likeness (QED) is 0.346. The molecule has 0 bridgehead atoms. The lowest BCUT2D eigenvalue weighted by atomic mass is 9.98. The zero-order valence-electron chi connectivity index (χ0n) is 21.1. The molecule has 4 aromatic rings. The average molecular weight is 558 g/mol. The third-order valence-electron chi connectivity index (χ3n) is 6.43. The maximum absolute atomic E-state index is 15.3. The van der Waals surface area contributed by atoms with E-state index in [-0.39, 0.29) is 23.5 Å². The Morgan fingerprint density at radius 1 is 1.15 bits per heavy atom. The van der Waals surface area contributed by atoms with E-state index in [1.807, 2.05) is 0 Å². The van der Waals surface area contributed by atoms with Crippen LogP contribution in [0.25, 0.3) is 33.2 Å². The maximum Gasteiger partial charge on any atom is 0.240 e. The lowest BCUT2D eigenvalue weighted by Crippen LogP contribution is -2.16. The summed E-state index contributed by atoms with van der Waals surface area (Å²) in [7, 11) is -3.19. The van der Waals surface area contributed by atoms with Gasteiger partial charge in [-0.05, 0) is 55.7 Å². The Hall–Kier alpha value is -3.94. The van der Waals surface area contributed by atoms with Crippen LogP contribution in [0.1, 0.15) is 18.5 Å². The first-order valence-electron chi connectivity index (χ1n) is 11.9. The number of aromatic nitrogens is 3. The third kappa shape index (κ3) is 5.20. The number of hydrogen-bond acceptors (Lipinski definition) is 9. The average Bonchev–Trinajstić information content (AvgIpc) is 3.40. The van der Waals surface area contributed by atoms with E-state index >= 15 is 4.39 Å². The molecule has 204 valence electrons. The van der Waals surface area contributed by atoms with E-state index in [0.29, 0.717) is 46.7 Å².